The lowest BCUT2D eigenvalue weighted by Gasteiger charge is -2.20. The second kappa shape index (κ2) is 4.18. The molecule has 90 valence electrons. The molecule has 1 N–H and O–H groups in total. The summed E-state index contributed by atoms with van der Waals surface area (Å²) in [4.78, 5) is 0.333. The minimum Gasteiger partial charge on any atom is -0.207 e. The molecule has 0 heterocycles. The van der Waals surface area contributed by atoms with Crippen molar-refractivity contribution in [1.82, 2.24) is 4.72 Å². The second-order valence-corrected chi connectivity index (χ2v) is 6.86. The molecular formula is C12H19NO2S. The topological polar surface area (TPSA) is 46.2 Å². The number of rotatable bonds is 2. The Balaban J connectivity index is 3.18. The minimum atomic E-state index is -3.41. The van der Waals surface area contributed by atoms with Crippen LogP contribution in [0.5, 0.6) is 0 Å². The monoisotopic (exact) mass is 241 g/mol. The van der Waals surface area contributed by atoms with E-state index in [-0.39, 0.29) is 0 Å². The molecule has 0 amide bonds. The summed E-state index contributed by atoms with van der Waals surface area (Å²) in [5.74, 6) is 0. The quantitative estimate of drug-likeness (QED) is 0.864. The molecule has 0 saturated carbocycles. The van der Waals surface area contributed by atoms with E-state index in [1.54, 1.807) is 12.1 Å². The Morgan fingerprint density at radius 2 is 1.44 bits per heavy atom. The van der Waals surface area contributed by atoms with E-state index in [0.717, 1.165) is 11.1 Å². The SMILES string of the molecule is Cc1cc(C)cc(S(=O)(=O)NC(C)(C)C)c1. The molecule has 0 unspecified atom stereocenters. The molecule has 0 radical (unpaired) electrons. The molecule has 0 saturated heterocycles. The zero-order chi connectivity index (χ0) is 12.6. The van der Waals surface area contributed by atoms with Crippen LogP contribution in [-0.4, -0.2) is 14.0 Å². The first-order valence-corrected chi connectivity index (χ1v) is 6.71. The largest absolute Gasteiger partial charge is 0.241 e. The van der Waals surface area contributed by atoms with Gasteiger partial charge in [-0.25, -0.2) is 13.1 Å². The Morgan fingerprint density at radius 1 is 1.00 bits per heavy atom. The van der Waals surface area contributed by atoms with Crippen LogP contribution in [0.2, 0.25) is 0 Å². The summed E-state index contributed by atoms with van der Waals surface area (Å²) in [7, 11) is -3.41. The number of sulfonamides is 1. The highest BCUT2D eigenvalue weighted by molar-refractivity contribution is 7.89. The van der Waals surface area contributed by atoms with Gasteiger partial charge in [0, 0.05) is 5.54 Å². The van der Waals surface area contributed by atoms with Gasteiger partial charge in [-0.15, -0.1) is 0 Å². The Labute approximate surface area is 97.9 Å². The van der Waals surface area contributed by atoms with Crippen molar-refractivity contribution in [2.45, 2.75) is 45.1 Å². The predicted molar refractivity (Wildman–Crippen MR) is 66.0 cm³/mol. The van der Waals surface area contributed by atoms with Crippen molar-refractivity contribution in [1.29, 1.82) is 0 Å². The normalized spacial score (nSPS) is 12.8. The molecular weight excluding hydrogens is 222 g/mol. The van der Waals surface area contributed by atoms with Gasteiger partial charge in [0.1, 0.15) is 0 Å². The number of hydrogen-bond acceptors (Lipinski definition) is 2. The Bertz CT molecular complexity index is 464. The predicted octanol–water partition coefficient (Wildman–Crippen LogP) is 2.38. The van der Waals surface area contributed by atoms with Crippen LogP contribution in [0.1, 0.15) is 31.9 Å². The first-order chi connectivity index (χ1) is 7.10. The van der Waals surface area contributed by atoms with Gasteiger partial charge in [0.25, 0.3) is 0 Å². The van der Waals surface area contributed by atoms with Crippen LogP contribution >= 0.6 is 0 Å². The lowest BCUT2D eigenvalue weighted by Crippen LogP contribution is -2.40. The molecule has 1 rings (SSSR count). The first kappa shape index (κ1) is 13.2. The molecule has 0 aliphatic rings. The summed E-state index contributed by atoms with van der Waals surface area (Å²) in [6.07, 6.45) is 0. The molecule has 1 aromatic carbocycles. The summed E-state index contributed by atoms with van der Waals surface area (Å²) in [5.41, 5.74) is 1.44. The zero-order valence-corrected chi connectivity index (χ0v) is 11.3. The van der Waals surface area contributed by atoms with E-state index in [1.165, 1.54) is 0 Å². The summed E-state index contributed by atoms with van der Waals surface area (Å²) in [6.45, 7) is 9.26. The lowest BCUT2D eigenvalue weighted by atomic mass is 10.1. The van der Waals surface area contributed by atoms with Crippen molar-refractivity contribution in [2.75, 3.05) is 0 Å². The summed E-state index contributed by atoms with van der Waals surface area (Å²) in [5, 5.41) is 0. The fourth-order valence-corrected chi connectivity index (χ4v) is 3.16. The summed E-state index contributed by atoms with van der Waals surface area (Å²) >= 11 is 0. The standard InChI is InChI=1S/C12H19NO2S/c1-9-6-10(2)8-11(7-9)16(14,15)13-12(3,4)5/h6-8,13H,1-5H3. The Kier molecular flexibility index (Phi) is 3.45. The van der Waals surface area contributed by atoms with Crippen LogP contribution in [0.25, 0.3) is 0 Å². The first-order valence-electron chi connectivity index (χ1n) is 5.22. The molecule has 3 nitrogen and oxygen atoms in total. The lowest BCUT2D eigenvalue weighted by molar-refractivity contribution is 0.491. The van der Waals surface area contributed by atoms with E-state index < -0.39 is 15.6 Å². The van der Waals surface area contributed by atoms with E-state index in [4.69, 9.17) is 0 Å². The second-order valence-electron chi connectivity index (χ2n) is 5.18. The van der Waals surface area contributed by atoms with Gasteiger partial charge in [0.05, 0.1) is 4.90 Å². The van der Waals surface area contributed by atoms with E-state index >= 15 is 0 Å². The van der Waals surface area contributed by atoms with Crippen molar-refractivity contribution < 1.29 is 8.42 Å². The van der Waals surface area contributed by atoms with E-state index in [9.17, 15) is 8.42 Å². The molecule has 4 heteroatoms. The van der Waals surface area contributed by atoms with Crippen molar-refractivity contribution in [3.63, 3.8) is 0 Å². The Hall–Kier alpha value is -0.870. The summed E-state index contributed by atoms with van der Waals surface area (Å²) in [6, 6.07) is 5.32. The van der Waals surface area contributed by atoms with Crippen LogP contribution in [0, 0.1) is 13.8 Å². The van der Waals surface area contributed by atoms with Gasteiger partial charge in [0.15, 0.2) is 0 Å². The highest BCUT2D eigenvalue weighted by Gasteiger charge is 2.22. The van der Waals surface area contributed by atoms with Gasteiger partial charge >= 0.3 is 0 Å². The average molecular weight is 241 g/mol. The zero-order valence-electron chi connectivity index (χ0n) is 10.5. The maximum Gasteiger partial charge on any atom is 0.241 e. The van der Waals surface area contributed by atoms with Gasteiger partial charge in [0.2, 0.25) is 10.0 Å². The molecule has 16 heavy (non-hydrogen) atoms. The number of hydrogen-bond donors (Lipinski definition) is 1. The van der Waals surface area contributed by atoms with Crippen molar-refractivity contribution >= 4 is 10.0 Å². The van der Waals surface area contributed by atoms with Gasteiger partial charge in [-0.05, 0) is 57.9 Å². The molecule has 0 fully saturated rings. The molecule has 0 atom stereocenters. The number of aryl methyl sites for hydroxylation is 2. The third-order valence-electron chi connectivity index (χ3n) is 1.95. The van der Waals surface area contributed by atoms with E-state index in [0.29, 0.717) is 4.90 Å². The molecule has 0 aliphatic heterocycles. The summed E-state index contributed by atoms with van der Waals surface area (Å²) < 4.78 is 26.7. The average Bonchev–Trinajstić information content (AvgIpc) is 1.96. The molecule has 0 bridgehead atoms. The maximum absolute atomic E-state index is 12.0. The minimum absolute atomic E-state index is 0.333. The molecule has 0 aromatic heterocycles. The van der Waals surface area contributed by atoms with Crippen LogP contribution in [0.15, 0.2) is 23.1 Å². The van der Waals surface area contributed by atoms with Gasteiger partial charge in [-0.1, -0.05) is 6.07 Å². The smallest absolute Gasteiger partial charge is 0.207 e. The third kappa shape index (κ3) is 3.61. The fourth-order valence-electron chi connectivity index (χ4n) is 1.55. The van der Waals surface area contributed by atoms with Crippen LogP contribution < -0.4 is 4.72 Å². The van der Waals surface area contributed by atoms with Crippen LogP contribution in [0.4, 0.5) is 0 Å². The van der Waals surface area contributed by atoms with Crippen molar-refractivity contribution in [2.24, 2.45) is 0 Å². The van der Waals surface area contributed by atoms with Crippen LogP contribution in [0.3, 0.4) is 0 Å². The fraction of sp³-hybridized carbons (Fsp3) is 0.500. The molecule has 0 spiro atoms. The van der Waals surface area contributed by atoms with Crippen molar-refractivity contribution in [3.8, 4) is 0 Å². The van der Waals surface area contributed by atoms with Crippen molar-refractivity contribution in [3.05, 3.63) is 29.3 Å². The maximum atomic E-state index is 12.0. The van der Waals surface area contributed by atoms with E-state index in [2.05, 4.69) is 4.72 Å². The number of benzene rings is 1. The highest BCUT2D eigenvalue weighted by Crippen LogP contribution is 2.16. The van der Waals surface area contributed by atoms with Crippen LogP contribution in [-0.2, 0) is 10.0 Å². The van der Waals surface area contributed by atoms with Gasteiger partial charge < -0.3 is 0 Å². The third-order valence-corrected chi connectivity index (χ3v) is 3.68. The van der Waals surface area contributed by atoms with Gasteiger partial charge in [-0.2, -0.15) is 0 Å². The van der Waals surface area contributed by atoms with E-state index in [1.807, 2.05) is 40.7 Å². The number of nitrogens with one attached hydrogen (secondary N) is 1. The molecule has 1 aromatic rings. The highest BCUT2D eigenvalue weighted by atomic mass is 32.2. The molecule has 0 aliphatic carbocycles. The Morgan fingerprint density at radius 3 is 1.81 bits per heavy atom. The van der Waals surface area contributed by atoms with Gasteiger partial charge in [-0.3, -0.25) is 0 Å².